The van der Waals surface area contributed by atoms with Crippen LogP contribution in [0.1, 0.15) is 72.7 Å². The van der Waals surface area contributed by atoms with Gasteiger partial charge >= 0.3 is 0 Å². The number of nitrogens with zero attached hydrogens (tertiary/aromatic N) is 3. The average Bonchev–Trinajstić information content (AvgIpc) is 3.91. The van der Waals surface area contributed by atoms with Crippen molar-refractivity contribution < 1.29 is 35.5 Å². The van der Waals surface area contributed by atoms with Crippen molar-refractivity contribution >= 4 is 46.2 Å². The van der Waals surface area contributed by atoms with Crippen molar-refractivity contribution in [1.29, 1.82) is 0 Å². The van der Waals surface area contributed by atoms with E-state index in [1.54, 1.807) is 12.1 Å². The van der Waals surface area contributed by atoms with Crippen LogP contribution in [0.25, 0.3) is 83.6 Å². The van der Waals surface area contributed by atoms with Gasteiger partial charge in [0.15, 0.2) is 0 Å². The van der Waals surface area contributed by atoms with E-state index < -0.39 is 33.6 Å². The molecule has 3 heterocycles. The Morgan fingerprint density at radius 1 is 0.662 bits per heavy atom. The third-order valence-corrected chi connectivity index (χ3v) is 13.7. The molecule has 0 saturated carbocycles. The van der Waals surface area contributed by atoms with Gasteiger partial charge in [-0.25, -0.2) is 0 Å². The van der Waals surface area contributed by atoms with E-state index >= 15 is 0 Å². The largest absolute Gasteiger partial charge is 0.501 e. The maximum Gasteiger partial charge on any atom is 0.121 e. The first-order chi connectivity index (χ1) is 33.9. The molecule has 10 rings (SSSR count). The summed E-state index contributed by atoms with van der Waals surface area (Å²) in [6.45, 7) is 10.5. The van der Waals surface area contributed by atoms with Crippen LogP contribution in [0.2, 0.25) is 19.6 Å². The Labute approximate surface area is 410 Å². The van der Waals surface area contributed by atoms with Crippen molar-refractivity contribution in [2.45, 2.75) is 72.8 Å². The summed E-state index contributed by atoms with van der Waals surface area (Å²) in [6.07, 6.45) is 1.30. The Morgan fingerprint density at radius 3 is 1.94 bits per heavy atom. The van der Waals surface area contributed by atoms with E-state index in [9.17, 15) is 2.74 Å². The number of furan rings is 1. The summed E-state index contributed by atoms with van der Waals surface area (Å²) in [6, 6.07) is 55.9. The maximum absolute atomic E-state index is 9.58. The van der Waals surface area contributed by atoms with Gasteiger partial charge in [-0.3, -0.25) is 4.98 Å². The van der Waals surface area contributed by atoms with Crippen molar-refractivity contribution in [3.63, 3.8) is 0 Å². The topological polar surface area (TPSA) is 43.9 Å². The molecule has 0 spiro atoms. The molecule has 0 amide bonds. The zero-order valence-corrected chi connectivity index (χ0v) is 41.0. The quantitative estimate of drug-likeness (QED) is 0.113. The van der Waals surface area contributed by atoms with Crippen LogP contribution in [0.15, 0.2) is 162 Å². The van der Waals surface area contributed by atoms with E-state index in [2.05, 4.69) is 132 Å². The van der Waals surface area contributed by atoms with Gasteiger partial charge in [0.05, 0.1) is 30.5 Å². The van der Waals surface area contributed by atoms with Gasteiger partial charge < -0.3 is 14.0 Å². The van der Waals surface area contributed by atoms with E-state index in [1.165, 1.54) is 29.6 Å². The minimum atomic E-state index is -2.18. The molecule has 6 heteroatoms. The molecule has 4 nitrogen and oxygen atoms in total. The zero-order valence-electron chi connectivity index (χ0n) is 45.6. The second kappa shape index (κ2) is 18.7. The third kappa shape index (κ3) is 9.22. The molecule has 0 atom stereocenters. The van der Waals surface area contributed by atoms with Gasteiger partial charge in [-0.05, 0) is 93.6 Å². The number of benzene rings is 7. The zero-order chi connectivity index (χ0) is 51.5. The van der Waals surface area contributed by atoms with Crippen LogP contribution in [0.3, 0.4) is 0 Å². The van der Waals surface area contributed by atoms with Gasteiger partial charge in [-0.15, -0.1) is 53.6 Å². The van der Waals surface area contributed by atoms with E-state index in [4.69, 9.17) is 17.6 Å². The minimum absolute atomic E-state index is 0. The van der Waals surface area contributed by atoms with Gasteiger partial charge in [0.2, 0.25) is 0 Å². The predicted octanol–water partition coefficient (Wildman–Crippen LogP) is 15.7. The molecule has 0 saturated heterocycles. The number of rotatable bonds is 8. The minimum Gasteiger partial charge on any atom is -0.501 e. The van der Waals surface area contributed by atoms with Crippen LogP contribution in [0, 0.1) is 25.8 Å². The third-order valence-electron chi connectivity index (χ3n) is 11.7. The summed E-state index contributed by atoms with van der Waals surface area (Å²) < 4.78 is 71.8. The van der Waals surface area contributed by atoms with E-state index in [0.29, 0.717) is 22.7 Å². The van der Waals surface area contributed by atoms with Gasteiger partial charge in [0.1, 0.15) is 5.58 Å². The summed E-state index contributed by atoms with van der Waals surface area (Å²) in [5.74, 6) is -1.33. The van der Waals surface area contributed by atoms with Gasteiger partial charge in [-0.1, -0.05) is 161 Å². The van der Waals surface area contributed by atoms with Crippen LogP contribution in [-0.2, 0) is 20.1 Å². The first kappa shape index (κ1) is 36.1. The summed E-state index contributed by atoms with van der Waals surface area (Å²) in [4.78, 5) is 9.43. The SMILES string of the molecule is [2H]C(C)(C)c1cc(-c2ccccc2)cc(C([2H])(C)C)c1-n1c(-c2[c-]ccc3c2oc2cc(-c4ccccc4)ccc23)nc2ccc([Si](C)(C)C)cc21.[2H]C([2H])([2H])c1c[c-]c(-c2ccc(C([2H])([2H])[2H])cn2)cc1.[Ir]. The van der Waals surface area contributed by atoms with Crippen molar-refractivity contribution in [2.24, 2.45) is 0 Å². The average molecular weight is 1050 g/mol. The molecule has 7 aromatic carbocycles. The fraction of sp³-hybridized carbons (Fsp3) is 0.186. The van der Waals surface area contributed by atoms with Crippen LogP contribution >= 0.6 is 0 Å². The fourth-order valence-corrected chi connectivity index (χ4v) is 9.38. The Hall–Kier alpha value is -6.17. The van der Waals surface area contributed by atoms with Gasteiger partial charge in [0.25, 0.3) is 0 Å². The Morgan fingerprint density at radius 2 is 1.34 bits per heavy atom. The Kier molecular flexibility index (Phi) is 10.4. The van der Waals surface area contributed by atoms with Crippen molar-refractivity contribution in [2.75, 3.05) is 0 Å². The molecule has 10 aromatic rings. The van der Waals surface area contributed by atoms with Crippen molar-refractivity contribution in [3.05, 3.63) is 192 Å². The van der Waals surface area contributed by atoms with Crippen LogP contribution in [0.4, 0.5) is 0 Å². The van der Waals surface area contributed by atoms with Crippen molar-refractivity contribution in [3.8, 4) is 50.6 Å². The number of hydrogen-bond acceptors (Lipinski definition) is 3. The number of aromatic nitrogens is 3. The summed E-state index contributed by atoms with van der Waals surface area (Å²) >= 11 is 0. The van der Waals surface area contributed by atoms with E-state index in [0.717, 1.165) is 72.0 Å². The Balaban J connectivity index is 0.000000285. The first-order valence-electron chi connectivity index (χ1n) is 25.6. The standard InChI is InChI=1S/C46H43N2OSi.C13H12N.Ir/c1-29(2)39-25-34(32-17-12-9-13-18-32)26-40(30(3)4)44(39)48-42-28-35(50(5,6)7)22-24-41(42)47-46(48)38-20-14-19-37-36-23-21-33(27-43(36)49-45(37)38)31-15-10-8-11-16-31;1-10-3-6-12(7-4-10)13-8-5-11(2)9-14-13;/h8-19,21-30H,1-7H3;3-6,8-9H,1-2H3;/q2*-1;/i29D,30D;1D3,2D3;. The smallest absolute Gasteiger partial charge is 0.121 e. The number of pyridine rings is 1. The predicted molar refractivity (Wildman–Crippen MR) is 273 cm³/mol. The van der Waals surface area contributed by atoms with Crippen LogP contribution in [-0.4, -0.2) is 22.6 Å². The molecule has 65 heavy (non-hydrogen) atoms. The second-order valence-electron chi connectivity index (χ2n) is 17.7. The van der Waals surface area contributed by atoms with E-state index in [-0.39, 0.29) is 31.2 Å². The maximum atomic E-state index is 9.58. The summed E-state index contributed by atoms with van der Waals surface area (Å²) in [5.41, 5.74) is 12.3. The molecular weight excluding hydrogens is 987 g/mol. The normalized spacial score (nSPS) is 14.1. The molecule has 0 bridgehead atoms. The molecule has 0 N–H and O–H groups in total. The molecule has 0 unspecified atom stereocenters. The number of aryl methyl sites for hydroxylation is 2. The molecule has 0 fully saturated rings. The number of hydrogen-bond donors (Lipinski definition) is 0. The molecule has 0 aliphatic heterocycles. The molecule has 0 aliphatic carbocycles. The van der Waals surface area contributed by atoms with Gasteiger partial charge in [-0.2, -0.15) is 0 Å². The monoisotopic (exact) mass is 1050 g/mol. The molecule has 327 valence electrons. The summed E-state index contributed by atoms with van der Waals surface area (Å²) in [5, 5.41) is 3.33. The molecule has 0 aliphatic rings. The van der Waals surface area contributed by atoms with Gasteiger partial charge in [0, 0.05) is 48.3 Å². The number of fused-ring (bicyclic) bond motifs is 4. The second-order valence-corrected chi connectivity index (χ2v) is 22.8. The molecule has 1 radical (unpaired) electrons. The first-order valence-corrected chi connectivity index (χ1v) is 25.1. The van der Waals surface area contributed by atoms with Crippen LogP contribution < -0.4 is 5.19 Å². The summed E-state index contributed by atoms with van der Waals surface area (Å²) in [7, 11) is -1.74. The molecular formula is C59H55IrN3OSi-2. The molecule has 3 aromatic heterocycles. The Bertz CT molecular complexity index is 3500. The van der Waals surface area contributed by atoms with E-state index in [1.807, 2.05) is 58.0 Å². The number of imidazole rings is 1. The van der Waals surface area contributed by atoms with Crippen molar-refractivity contribution in [1.82, 2.24) is 14.5 Å². The fourth-order valence-electron chi connectivity index (χ4n) is 8.23. The van der Waals surface area contributed by atoms with Crippen LogP contribution in [0.5, 0.6) is 0 Å².